The fraction of sp³-hybridized carbons (Fsp3) is 0.455. The van der Waals surface area contributed by atoms with Crippen LogP contribution in [0.4, 0.5) is 0 Å². The highest BCUT2D eigenvalue weighted by Crippen LogP contribution is 2.25. The molecule has 3 heterocycles. The summed E-state index contributed by atoms with van der Waals surface area (Å²) in [6, 6.07) is 2.47. The summed E-state index contributed by atoms with van der Waals surface area (Å²) >= 11 is 5.37. The van der Waals surface area contributed by atoms with Crippen molar-refractivity contribution in [3.63, 3.8) is 0 Å². The second kappa shape index (κ2) is 3.99. The van der Waals surface area contributed by atoms with Gasteiger partial charge in [-0.25, -0.2) is 0 Å². The van der Waals surface area contributed by atoms with Crippen LogP contribution in [-0.4, -0.2) is 27.7 Å². The lowest BCUT2D eigenvalue weighted by molar-refractivity contribution is 0.0702. The molecule has 5 heteroatoms. The Morgan fingerprint density at radius 3 is 3.06 bits per heavy atom. The Bertz CT molecular complexity index is 554. The molecule has 2 aromatic heterocycles. The summed E-state index contributed by atoms with van der Waals surface area (Å²) in [4.78, 5) is 7.30. The fourth-order valence-electron chi connectivity index (χ4n) is 2.28. The number of nitrogens with zero attached hydrogens (tertiary/aromatic N) is 2. The third-order valence-corrected chi connectivity index (χ3v) is 3.37. The molecule has 84 valence electrons. The second-order valence-corrected chi connectivity index (χ2v) is 4.42. The number of rotatable bonds is 1. The van der Waals surface area contributed by atoms with Crippen LogP contribution in [0.3, 0.4) is 0 Å². The van der Waals surface area contributed by atoms with Crippen LogP contribution < -0.4 is 0 Å². The average molecular weight is 235 g/mol. The summed E-state index contributed by atoms with van der Waals surface area (Å²) < 4.78 is 8.37. The highest BCUT2D eigenvalue weighted by atomic mass is 32.1. The first kappa shape index (κ1) is 9.99. The van der Waals surface area contributed by atoms with E-state index in [1.807, 2.05) is 12.3 Å². The summed E-state index contributed by atoms with van der Waals surface area (Å²) in [6.07, 6.45) is 5.69. The molecule has 0 amide bonds. The van der Waals surface area contributed by atoms with E-state index >= 15 is 0 Å². The predicted molar refractivity (Wildman–Crippen MR) is 64.0 cm³/mol. The molecule has 1 aliphatic rings. The van der Waals surface area contributed by atoms with Crippen LogP contribution in [0, 0.1) is 4.77 Å². The van der Waals surface area contributed by atoms with Gasteiger partial charge in [-0.2, -0.15) is 0 Å². The molecule has 3 rings (SSSR count). The lowest BCUT2D eigenvalue weighted by Gasteiger charge is -2.23. The van der Waals surface area contributed by atoms with Crippen LogP contribution in [0.2, 0.25) is 0 Å². The van der Waals surface area contributed by atoms with Crippen molar-refractivity contribution in [3.8, 4) is 0 Å². The minimum atomic E-state index is 0.456. The predicted octanol–water partition coefficient (Wildman–Crippen LogP) is 2.45. The summed E-state index contributed by atoms with van der Waals surface area (Å²) in [5.74, 6) is 0. The Morgan fingerprint density at radius 1 is 1.44 bits per heavy atom. The van der Waals surface area contributed by atoms with Crippen molar-refractivity contribution in [1.82, 2.24) is 14.5 Å². The molecule has 4 nitrogen and oxygen atoms in total. The number of imidazole rings is 1. The number of H-pyrrole nitrogens is 1. The van der Waals surface area contributed by atoms with Crippen molar-refractivity contribution in [3.05, 3.63) is 23.2 Å². The van der Waals surface area contributed by atoms with Crippen LogP contribution >= 0.6 is 12.2 Å². The number of hydrogen-bond donors (Lipinski definition) is 1. The summed E-state index contributed by atoms with van der Waals surface area (Å²) in [5.41, 5.74) is 2.16. The first-order valence-corrected chi connectivity index (χ1v) is 5.89. The Labute approximate surface area is 98.3 Å². The van der Waals surface area contributed by atoms with Crippen LogP contribution in [0.5, 0.6) is 0 Å². The van der Waals surface area contributed by atoms with E-state index in [1.54, 1.807) is 6.20 Å². The number of aromatic amines is 1. The number of fused-ring (bicyclic) bond motifs is 1. The maximum absolute atomic E-state index is 5.38. The smallest absolute Gasteiger partial charge is 0.178 e. The zero-order valence-corrected chi connectivity index (χ0v) is 9.67. The first-order valence-electron chi connectivity index (χ1n) is 5.48. The Kier molecular flexibility index (Phi) is 2.49. The molecule has 0 bridgehead atoms. The maximum Gasteiger partial charge on any atom is 0.178 e. The second-order valence-electron chi connectivity index (χ2n) is 4.04. The summed E-state index contributed by atoms with van der Waals surface area (Å²) in [5, 5.41) is 0. The Balaban J connectivity index is 2.14. The summed E-state index contributed by atoms with van der Waals surface area (Å²) in [6.45, 7) is 1.65. The van der Waals surface area contributed by atoms with Gasteiger partial charge in [0.2, 0.25) is 0 Å². The van der Waals surface area contributed by atoms with Gasteiger partial charge in [-0.05, 0) is 31.1 Å². The van der Waals surface area contributed by atoms with Gasteiger partial charge in [-0.1, -0.05) is 0 Å². The zero-order chi connectivity index (χ0) is 11.0. The summed E-state index contributed by atoms with van der Waals surface area (Å²) in [7, 11) is 0. The van der Waals surface area contributed by atoms with Crippen LogP contribution in [-0.2, 0) is 4.74 Å². The van der Waals surface area contributed by atoms with E-state index < -0.39 is 0 Å². The molecule has 0 saturated carbocycles. The number of aromatic nitrogens is 3. The highest BCUT2D eigenvalue weighted by molar-refractivity contribution is 7.71. The van der Waals surface area contributed by atoms with Gasteiger partial charge in [0.05, 0.1) is 17.2 Å². The fourth-order valence-corrected chi connectivity index (χ4v) is 2.64. The van der Waals surface area contributed by atoms with Crippen LogP contribution in [0.25, 0.3) is 11.0 Å². The molecule has 1 saturated heterocycles. The number of hydrogen-bond acceptors (Lipinski definition) is 3. The minimum absolute atomic E-state index is 0.456. The van der Waals surface area contributed by atoms with Gasteiger partial charge in [0.1, 0.15) is 0 Å². The molecule has 2 aromatic rings. The van der Waals surface area contributed by atoms with Gasteiger partial charge in [-0.15, -0.1) is 0 Å². The third kappa shape index (κ3) is 1.56. The maximum atomic E-state index is 5.38. The van der Waals surface area contributed by atoms with Gasteiger partial charge in [0.25, 0.3) is 0 Å². The molecule has 0 aromatic carbocycles. The molecule has 1 fully saturated rings. The molecule has 0 spiro atoms. The van der Waals surface area contributed by atoms with E-state index in [0.29, 0.717) is 6.04 Å². The van der Waals surface area contributed by atoms with Crippen molar-refractivity contribution in [2.24, 2.45) is 0 Å². The molecule has 1 N–H and O–H groups in total. The van der Waals surface area contributed by atoms with E-state index in [4.69, 9.17) is 17.0 Å². The Morgan fingerprint density at radius 2 is 2.25 bits per heavy atom. The number of nitrogens with one attached hydrogen (secondary N) is 1. The largest absolute Gasteiger partial charge is 0.381 e. The molecular formula is C11H13N3OS. The normalized spacial score (nSPS) is 18.0. The van der Waals surface area contributed by atoms with Crippen molar-refractivity contribution in [2.75, 3.05) is 13.2 Å². The van der Waals surface area contributed by atoms with Gasteiger partial charge >= 0.3 is 0 Å². The van der Waals surface area contributed by atoms with Crippen molar-refractivity contribution in [1.29, 1.82) is 0 Å². The number of ether oxygens (including phenoxy) is 1. The van der Waals surface area contributed by atoms with E-state index in [1.165, 1.54) is 0 Å². The monoisotopic (exact) mass is 235 g/mol. The quantitative estimate of drug-likeness (QED) is 0.772. The lowest BCUT2D eigenvalue weighted by atomic mass is 10.1. The molecule has 0 aliphatic carbocycles. The molecule has 0 atom stereocenters. The number of pyridine rings is 1. The molecule has 16 heavy (non-hydrogen) atoms. The van der Waals surface area contributed by atoms with Gasteiger partial charge in [0, 0.05) is 25.5 Å². The minimum Gasteiger partial charge on any atom is -0.381 e. The zero-order valence-electron chi connectivity index (χ0n) is 8.85. The molecule has 0 unspecified atom stereocenters. The van der Waals surface area contributed by atoms with Crippen LogP contribution in [0.1, 0.15) is 18.9 Å². The standard InChI is InChI=1S/C11H13N3OS/c16-11-13-9-7-12-4-1-10(9)14(11)8-2-5-15-6-3-8/h1,4,7-8H,2-3,5-6H2,(H,13,16). The highest BCUT2D eigenvalue weighted by Gasteiger charge is 2.18. The molecule has 1 aliphatic heterocycles. The molecular weight excluding hydrogens is 222 g/mol. The first-order chi connectivity index (χ1) is 7.86. The van der Waals surface area contributed by atoms with Gasteiger partial charge in [-0.3, -0.25) is 4.98 Å². The van der Waals surface area contributed by atoms with E-state index in [9.17, 15) is 0 Å². The van der Waals surface area contributed by atoms with E-state index in [0.717, 1.165) is 41.9 Å². The SMILES string of the molecule is S=c1[nH]c2cnccc2n1C1CCOCC1. The van der Waals surface area contributed by atoms with Gasteiger partial charge in [0.15, 0.2) is 4.77 Å². The van der Waals surface area contributed by atoms with E-state index in [-0.39, 0.29) is 0 Å². The lowest BCUT2D eigenvalue weighted by Crippen LogP contribution is -2.19. The average Bonchev–Trinajstić information content (AvgIpc) is 2.66. The van der Waals surface area contributed by atoms with Crippen molar-refractivity contribution < 1.29 is 4.74 Å². The topological polar surface area (TPSA) is 42.8 Å². The third-order valence-electron chi connectivity index (χ3n) is 3.07. The molecule has 0 radical (unpaired) electrons. The van der Waals surface area contributed by atoms with E-state index in [2.05, 4.69) is 14.5 Å². The Hall–Kier alpha value is -1.20. The van der Waals surface area contributed by atoms with Crippen molar-refractivity contribution >= 4 is 23.3 Å². The van der Waals surface area contributed by atoms with Crippen molar-refractivity contribution in [2.45, 2.75) is 18.9 Å². The van der Waals surface area contributed by atoms with Gasteiger partial charge < -0.3 is 14.3 Å². The van der Waals surface area contributed by atoms with Crippen LogP contribution in [0.15, 0.2) is 18.5 Å².